The maximum atomic E-state index is 12.6. The molecule has 0 bridgehead atoms. The van der Waals surface area contributed by atoms with E-state index in [9.17, 15) is 4.79 Å². The normalized spacial score (nSPS) is 16.9. The molecule has 1 aliphatic rings. The lowest BCUT2D eigenvalue weighted by molar-refractivity contribution is -0.135. The molecule has 1 aliphatic carbocycles. The number of benzene rings is 1. The molecule has 1 aromatic rings. The topological polar surface area (TPSA) is 46.3 Å². The lowest BCUT2D eigenvalue weighted by atomic mass is 9.93. The monoisotopic (exact) mass is 310 g/mol. The molecule has 0 saturated heterocycles. The van der Waals surface area contributed by atoms with Crippen molar-refractivity contribution >= 4 is 18.3 Å². The molecule has 1 amide bonds. The molecule has 1 saturated carbocycles. The Hall–Kier alpha value is -1.06. The Kier molecular flexibility index (Phi) is 7.76. The number of nitrogens with zero attached hydrogens (tertiary/aromatic N) is 1. The number of halogens is 1. The minimum absolute atomic E-state index is 0. The van der Waals surface area contributed by atoms with Crippen molar-refractivity contribution in [3.05, 3.63) is 35.9 Å². The van der Waals surface area contributed by atoms with Crippen LogP contribution in [-0.2, 0) is 11.2 Å². The van der Waals surface area contributed by atoms with E-state index in [1.165, 1.54) is 19.3 Å². The van der Waals surface area contributed by atoms with Gasteiger partial charge in [0.2, 0.25) is 5.91 Å². The highest BCUT2D eigenvalue weighted by Gasteiger charge is 2.27. The van der Waals surface area contributed by atoms with Crippen LogP contribution in [0, 0.1) is 0 Å². The van der Waals surface area contributed by atoms with E-state index in [2.05, 4.69) is 6.92 Å². The van der Waals surface area contributed by atoms with Gasteiger partial charge in [0.25, 0.3) is 0 Å². The van der Waals surface area contributed by atoms with Crippen molar-refractivity contribution in [1.82, 2.24) is 4.90 Å². The summed E-state index contributed by atoms with van der Waals surface area (Å²) in [5.74, 6) is 0.114. The van der Waals surface area contributed by atoms with Crippen LogP contribution in [0.5, 0.6) is 0 Å². The molecule has 118 valence electrons. The van der Waals surface area contributed by atoms with Gasteiger partial charge < -0.3 is 10.6 Å². The van der Waals surface area contributed by atoms with Crippen molar-refractivity contribution in [1.29, 1.82) is 0 Å². The van der Waals surface area contributed by atoms with E-state index in [0.717, 1.165) is 24.9 Å². The van der Waals surface area contributed by atoms with Crippen LogP contribution in [0.4, 0.5) is 0 Å². The van der Waals surface area contributed by atoms with Gasteiger partial charge in [-0.1, -0.05) is 49.6 Å². The molecule has 4 heteroatoms. The molecule has 0 spiro atoms. The fourth-order valence-corrected chi connectivity index (χ4v) is 3.16. The summed E-state index contributed by atoms with van der Waals surface area (Å²) in [6, 6.07) is 10.0. The largest absolute Gasteiger partial charge is 0.339 e. The van der Waals surface area contributed by atoms with Gasteiger partial charge in [0.15, 0.2) is 0 Å². The van der Waals surface area contributed by atoms with Gasteiger partial charge >= 0.3 is 0 Å². The number of carbonyl (C=O) groups is 1. The molecule has 1 fully saturated rings. The molecule has 2 rings (SSSR count). The van der Waals surface area contributed by atoms with E-state index < -0.39 is 6.04 Å². The number of nitrogens with two attached hydrogens (primary N) is 1. The molecule has 1 atom stereocenters. The average Bonchev–Trinajstić information content (AvgIpc) is 2.50. The molecular formula is C17H27ClN2O. The van der Waals surface area contributed by atoms with Crippen LogP contribution in [0.1, 0.15) is 44.6 Å². The molecular weight excluding hydrogens is 284 g/mol. The third kappa shape index (κ3) is 5.01. The van der Waals surface area contributed by atoms with Crippen molar-refractivity contribution in [2.45, 2.75) is 57.5 Å². The zero-order chi connectivity index (χ0) is 14.4. The van der Waals surface area contributed by atoms with E-state index in [4.69, 9.17) is 5.73 Å². The van der Waals surface area contributed by atoms with E-state index >= 15 is 0 Å². The highest BCUT2D eigenvalue weighted by atomic mass is 35.5. The number of likely N-dealkylation sites (N-methyl/N-ethyl adjacent to an activating group) is 1. The minimum Gasteiger partial charge on any atom is -0.339 e. The van der Waals surface area contributed by atoms with Crippen LogP contribution in [0.3, 0.4) is 0 Å². The third-order valence-electron chi connectivity index (χ3n) is 4.25. The average molecular weight is 311 g/mol. The SMILES string of the molecule is CCN(C(=O)C(N)Cc1ccccc1)C1CCCCC1.Cl. The zero-order valence-corrected chi connectivity index (χ0v) is 13.6. The summed E-state index contributed by atoms with van der Waals surface area (Å²) >= 11 is 0. The van der Waals surface area contributed by atoms with Crippen molar-refractivity contribution in [3.8, 4) is 0 Å². The second-order valence-corrected chi connectivity index (χ2v) is 5.71. The van der Waals surface area contributed by atoms with Crippen molar-refractivity contribution in [2.75, 3.05) is 6.54 Å². The Balaban J connectivity index is 0.00000220. The van der Waals surface area contributed by atoms with Crippen molar-refractivity contribution < 1.29 is 4.79 Å². The van der Waals surface area contributed by atoms with Crippen LogP contribution in [0.15, 0.2) is 30.3 Å². The van der Waals surface area contributed by atoms with Crippen LogP contribution in [0.25, 0.3) is 0 Å². The summed E-state index contributed by atoms with van der Waals surface area (Å²) in [5.41, 5.74) is 7.27. The Morgan fingerprint density at radius 1 is 1.24 bits per heavy atom. The first-order chi connectivity index (χ1) is 9.72. The quantitative estimate of drug-likeness (QED) is 0.908. The molecule has 21 heavy (non-hydrogen) atoms. The molecule has 1 unspecified atom stereocenters. The van der Waals surface area contributed by atoms with E-state index in [1.807, 2.05) is 35.2 Å². The van der Waals surface area contributed by atoms with Gasteiger partial charge in [0.05, 0.1) is 6.04 Å². The summed E-state index contributed by atoms with van der Waals surface area (Å²) in [5, 5.41) is 0. The predicted molar refractivity (Wildman–Crippen MR) is 89.6 cm³/mol. The van der Waals surface area contributed by atoms with Crippen molar-refractivity contribution in [3.63, 3.8) is 0 Å². The number of amides is 1. The number of carbonyl (C=O) groups excluding carboxylic acids is 1. The van der Waals surface area contributed by atoms with Gasteiger partial charge in [0, 0.05) is 12.6 Å². The molecule has 0 radical (unpaired) electrons. The van der Waals surface area contributed by atoms with E-state index in [0.29, 0.717) is 12.5 Å². The first-order valence-corrected chi connectivity index (χ1v) is 7.82. The highest BCUT2D eigenvalue weighted by Crippen LogP contribution is 2.23. The van der Waals surface area contributed by atoms with Gasteiger partial charge in [-0.25, -0.2) is 0 Å². The van der Waals surface area contributed by atoms with E-state index in [-0.39, 0.29) is 18.3 Å². The fraction of sp³-hybridized carbons (Fsp3) is 0.588. The summed E-state index contributed by atoms with van der Waals surface area (Å²) in [6.45, 7) is 2.83. The number of hydrogen-bond donors (Lipinski definition) is 1. The van der Waals surface area contributed by atoms with Crippen LogP contribution < -0.4 is 5.73 Å². The second-order valence-electron chi connectivity index (χ2n) is 5.71. The smallest absolute Gasteiger partial charge is 0.240 e. The van der Waals surface area contributed by atoms with Crippen LogP contribution >= 0.6 is 12.4 Å². The van der Waals surface area contributed by atoms with Gasteiger partial charge in [-0.05, 0) is 31.7 Å². The van der Waals surface area contributed by atoms with Gasteiger partial charge in [-0.15, -0.1) is 12.4 Å². The van der Waals surface area contributed by atoms with Gasteiger partial charge in [-0.2, -0.15) is 0 Å². The predicted octanol–water partition coefficient (Wildman–Crippen LogP) is 3.16. The summed E-state index contributed by atoms with van der Waals surface area (Å²) < 4.78 is 0. The number of hydrogen-bond acceptors (Lipinski definition) is 2. The Bertz CT molecular complexity index is 418. The van der Waals surface area contributed by atoms with Gasteiger partial charge in [-0.3, -0.25) is 4.79 Å². The Morgan fingerprint density at radius 2 is 1.86 bits per heavy atom. The summed E-state index contributed by atoms with van der Waals surface area (Å²) in [4.78, 5) is 14.6. The molecule has 1 aromatic carbocycles. The molecule has 2 N–H and O–H groups in total. The lowest BCUT2D eigenvalue weighted by Crippen LogP contribution is -2.49. The maximum absolute atomic E-state index is 12.6. The zero-order valence-electron chi connectivity index (χ0n) is 12.8. The van der Waals surface area contributed by atoms with Crippen LogP contribution in [-0.4, -0.2) is 29.4 Å². The summed E-state index contributed by atoms with van der Waals surface area (Å²) in [6.07, 6.45) is 6.68. The third-order valence-corrected chi connectivity index (χ3v) is 4.25. The molecule has 3 nitrogen and oxygen atoms in total. The molecule has 0 heterocycles. The first-order valence-electron chi connectivity index (χ1n) is 7.82. The lowest BCUT2D eigenvalue weighted by Gasteiger charge is -2.35. The number of rotatable bonds is 5. The summed E-state index contributed by atoms with van der Waals surface area (Å²) in [7, 11) is 0. The molecule has 0 aliphatic heterocycles. The Morgan fingerprint density at radius 3 is 2.43 bits per heavy atom. The van der Waals surface area contributed by atoms with Crippen molar-refractivity contribution in [2.24, 2.45) is 5.73 Å². The highest BCUT2D eigenvalue weighted by molar-refractivity contribution is 5.85. The Labute approximate surface area is 134 Å². The minimum atomic E-state index is -0.417. The maximum Gasteiger partial charge on any atom is 0.240 e. The molecule has 0 aromatic heterocycles. The van der Waals surface area contributed by atoms with Gasteiger partial charge in [0.1, 0.15) is 0 Å². The van der Waals surface area contributed by atoms with Crippen LogP contribution in [0.2, 0.25) is 0 Å². The fourth-order valence-electron chi connectivity index (χ4n) is 3.16. The first kappa shape index (κ1) is 18.0. The van der Waals surface area contributed by atoms with E-state index in [1.54, 1.807) is 0 Å². The standard InChI is InChI=1S/C17H26N2O.ClH/c1-2-19(15-11-7-4-8-12-15)17(20)16(18)13-14-9-5-3-6-10-14;/h3,5-6,9-10,15-16H,2,4,7-8,11-13,18H2,1H3;1H. The second kappa shape index (κ2) is 9.06.